The number of benzene rings is 2. The van der Waals surface area contributed by atoms with Gasteiger partial charge < -0.3 is 9.64 Å². The summed E-state index contributed by atoms with van der Waals surface area (Å²) in [5, 5.41) is 0. The predicted octanol–water partition coefficient (Wildman–Crippen LogP) is 3.88. The molecule has 0 heterocycles. The van der Waals surface area contributed by atoms with Gasteiger partial charge in [-0.1, -0.05) is 60.7 Å². The van der Waals surface area contributed by atoms with Crippen LogP contribution in [0.15, 0.2) is 60.7 Å². The van der Waals surface area contributed by atoms with Crippen molar-refractivity contribution in [3.05, 3.63) is 71.8 Å². The van der Waals surface area contributed by atoms with Crippen LogP contribution in [0.1, 0.15) is 11.1 Å². The Bertz CT molecular complexity index is 563. The topological polar surface area (TPSA) is 12.5 Å². The number of rotatable bonds is 7. The molecule has 0 fully saturated rings. The first-order valence-corrected chi connectivity index (χ1v) is 7.31. The SMILES string of the molecule is COc1ccccc1/C=C/CN(C)CCc1ccccc1. The lowest BCUT2D eigenvalue weighted by molar-refractivity contribution is 0.375. The molecule has 0 spiro atoms. The van der Waals surface area contributed by atoms with Gasteiger partial charge in [-0.25, -0.2) is 0 Å². The van der Waals surface area contributed by atoms with E-state index in [2.05, 4.69) is 60.5 Å². The molecule has 2 aromatic carbocycles. The van der Waals surface area contributed by atoms with Crippen LogP contribution in [0.2, 0.25) is 0 Å². The van der Waals surface area contributed by atoms with Crippen molar-refractivity contribution < 1.29 is 4.74 Å². The average Bonchev–Trinajstić information content (AvgIpc) is 2.54. The summed E-state index contributed by atoms with van der Waals surface area (Å²) in [5.74, 6) is 0.917. The van der Waals surface area contributed by atoms with E-state index >= 15 is 0 Å². The lowest BCUT2D eigenvalue weighted by atomic mass is 10.1. The van der Waals surface area contributed by atoms with E-state index in [0.29, 0.717) is 0 Å². The number of hydrogen-bond donors (Lipinski definition) is 0. The Morgan fingerprint density at radius 2 is 1.71 bits per heavy atom. The van der Waals surface area contributed by atoms with Crippen molar-refractivity contribution >= 4 is 6.08 Å². The summed E-state index contributed by atoms with van der Waals surface area (Å²) in [6.45, 7) is 1.99. The highest BCUT2D eigenvalue weighted by atomic mass is 16.5. The molecule has 0 aromatic heterocycles. The standard InChI is InChI=1S/C19H23NO/c1-20(16-14-17-9-4-3-5-10-17)15-8-12-18-11-6-7-13-19(18)21-2/h3-13H,14-16H2,1-2H3/b12-8+. The number of para-hydroxylation sites is 1. The van der Waals surface area contributed by atoms with Gasteiger partial charge in [-0.05, 0) is 25.1 Å². The van der Waals surface area contributed by atoms with Crippen LogP contribution < -0.4 is 4.74 Å². The fourth-order valence-electron chi connectivity index (χ4n) is 2.22. The van der Waals surface area contributed by atoms with Gasteiger partial charge in [-0.3, -0.25) is 0 Å². The van der Waals surface area contributed by atoms with Crippen LogP contribution >= 0.6 is 0 Å². The van der Waals surface area contributed by atoms with Gasteiger partial charge in [0.25, 0.3) is 0 Å². The third-order valence-electron chi connectivity index (χ3n) is 3.48. The van der Waals surface area contributed by atoms with Crippen molar-refractivity contribution in [2.45, 2.75) is 6.42 Å². The predicted molar refractivity (Wildman–Crippen MR) is 89.7 cm³/mol. The van der Waals surface area contributed by atoms with Crippen LogP contribution in [0.5, 0.6) is 5.75 Å². The van der Waals surface area contributed by atoms with E-state index in [4.69, 9.17) is 4.74 Å². The lowest BCUT2D eigenvalue weighted by Crippen LogP contribution is -2.21. The zero-order chi connectivity index (χ0) is 14.9. The summed E-state index contributed by atoms with van der Waals surface area (Å²) in [4.78, 5) is 2.32. The van der Waals surface area contributed by atoms with Crippen molar-refractivity contribution in [3.63, 3.8) is 0 Å². The Labute approximate surface area is 127 Å². The molecule has 0 saturated heterocycles. The van der Waals surface area contributed by atoms with Crippen LogP contribution in [0.3, 0.4) is 0 Å². The molecule has 2 nitrogen and oxygen atoms in total. The normalized spacial score (nSPS) is 11.2. The second-order valence-corrected chi connectivity index (χ2v) is 5.14. The summed E-state index contributed by atoms with van der Waals surface area (Å²) >= 11 is 0. The van der Waals surface area contributed by atoms with E-state index in [9.17, 15) is 0 Å². The Morgan fingerprint density at radius 1 is 1.00 bits per heavy atom. The Kier molecular flexibility index (Phi) is 6.04. The minimum absolute atomic E-state index is 0.917. The first-order valence-electron chi connectivity index (χ1n) is 7.31. The summed E-state index contributed by atoms with van der Waals surface area (Å²) in [6.07, 6.45) is 5.39. The van der Waals surface area contributed by atoms with Gasteiger partial charge in [-0.15, -0.1) is 0 Å². The molecule has 110 valence electrons. The third kappa shape index (κ3) is 5.09. The monoisotopic (exact) mass is 281 g/mol. The number of methoxy groups -OCH3 is 1. The van der Waals surface area contributed by atoms with E-state index < -0.39 is 0 Å². The zero-order valence-electron chi connectivity index (χ0n) is 12.8. The molecule has 0 saturated carbocycles. The quantitative estimate of drug-likeness (QED) is 0.763. The van der Waals surface area contributed by atoms with Crippen molar-refractivity contribution in [2.24, 2.45) is 0 Å². The molecular weight excluding hydrogens is 258 g/mol. The number of nitrogens with zero attached hydrogens (tertiary/aromatic N) is 1. The highest BCUT2D eigenvalue weighted by Gasteiger charge is 1.99. The molecule has 2 aromatic rings. The van der Waals surface area contributed by atoms with Crippen LogP contribution in [0.25, 0.3) is 6.08 Å². The van der Waals surface area contributed by atoms with Crippen LogP contribution in [0.4, 0.5) is 0 Å². The van der Waals surface area contributed by atoms with Crippen molar-refractivity contribution in [1.82, 2.24) is 4.90 Å². The molecule has 0 aliphatic rings. The molecule has 0 radical (unpaired) electrons. The summed E-state index contributed by atoms with van der Waals surface area (Å²) in [6, 6.07) is 18.7. The maximum Gasteiger partial charge on any atom is 0.126 e. The van der Waals surface area contributed by atoms with E-state index in [1.54, 1.807) is 7.11 Å². The van der Waals surface area contributed by atoms with Gasteiger partial charge >= 0.3 is 0 Å². The van der Waals surface area contributed by atoms with Crippen molar-refractivity contribution in [1.29, 1.82) is 0 Å². The Morgan fingerprint density at radius 3 is 2.48 bits per heavy atom. The second kappa shape index (κ2) is 8.28. The Hall–Kier alpha value is -2.06. The molecule has 0 unspecified atom stereocenters. The molecule has 0 bridgehead atoms. The van der Waals surface area contributed by atoms with Crippen molar-refractivity contribution in [3.8, 4) is 5.75 Å². The number of likely N-dealkylation sites (N-methyl/N-ethyl adjacent to an activating group) is 1. The molecule has 0 atom stereocenters. The first-order chi connectivity index (χ1) is 10.3. The highest BCUT2D eigenvalue weighted by molar-refractivity contribution is 5.57. The third-order valence-corrected chi connectivity index (χ3v) is 3.48. The van der Waals surface area contributed by atoms with Gasteiger partial charge in [0.1, 0.15) is 5.75 Å². The van der Waals surface area contributed by atoms with Gasteiger partial charge in [0, 0.05) is 18.7 Å². The largest absolute Gasteiger partial charge is 0.496 e. The highest BCUT2D eigenvalue weighted by Crippen LogP contribution is 2.18. The van der Waals surface area contributed by atoms with Crippen LogP contribution in [0, 0.1) is 0 Å². The van der Waals surface area contributed by atoms with E-state index in [1.807, 2.05) is 18.2 Å². The molecule has 2 heteroatoms. The van der Waals surface area contributed by atoms with Gasteiger partial charge in [-0.2, -0.15) is 0 Å². The first kappa shape index (κ1) is 15.3. The molecule has 0 aliphatic heterocycles. The van der Waals surface area contributed by atoms with E-state index in [1.165, 1.54) is 5.56 Å². The second-order valence-electron chi connectivity index (χ2n) is 5.14. The molecule has 21 heavy (non-hydrogen) atoms. The minimum atomic E-state index is 0.917. The smallest absolute Gasteiger partial charge is 0.126 e. The van der Waals surface area contributed by atoms with Gasteiger partial charge in [0.05, 0.1) is 7.11 Å². The minimum Gasteiger partial charge on any atom is -0.496 e. The molecular formula is C19H23NO. The fraction of sp³-hybridized carbons (Fsp3) is 0.263. The molecule has 0 amide bonds. The maximum atomic E-state index is 5.34. The number of ether oxygens (including phenoxy) is 1. The summed E-state index contributed by atoms with van der Waals surface area (Å²) in [7, 11) is 3.86. The number of hydrogen-bond acceptors (Lipinski definition) is 2. The fourth-order valence-corrected chi connectivity index (χ4v) is 2.22. The Balaban J connectivity index is 1.80. The van der Waals surface area contributed by atoms with Crippen molar-refractivity contribution in [2.75, 3.05) is 27.2 Å². The summed E-state index contributed by atoms with van der Waals surface area (Å²) in [5.41, 5.74) is 2.51. The molecule has 2 rings (SSSR count). The molecule has 0 N–H and O–H groups in total. The lowest BCUT2D eigenvalue weighted by Gasteiger charge is -2.14. The molecule has 0 aliphatic carbocycles. The van der Waals surface area contributed by atoms with E-state index in [-0.39, 0.29) is 0 Å². The maximum absolute atomic E-state index is 5.34. The zero-order valence-corrected chi connectivity index (χ0v) is 12.8. The van der Waals surface area contributed by atoms with Gasteiger partial charge in [0.2, 0.25) is 0 Å². The summed E-state index contributed by atoms with van der Waals surface area (Å²) < 4.78 is 5.34. The van der Waals surface area contributed by atoms with Crippen LogP contribution in [-0.2, 0) is 6.42 Å². The van der Waals surface area contributed by atoms with Crippen LogP contribution in [-0.4, -0.2) is 32.1 Å². The average molecular weight is 281 g/mol. The van der Waals surface area contributed by atoms with Gasteiger partial charge in [0.15, 0.2) is 0 Å². The van der Waals surface area contributed by atoms with E-state index in [0.717, 1.165) is 30.8 Å².